The first-order chi connectivity index (χ1) is 9.97. The van der Waals surface area contributed by atoms with E-state index < -0.39 is 23.3 Å². The van der Waals surface area contributed by atoms with Gasteiger partial charge in [-0.25, -0.2) is 8.78 Å². The van der Waals surface area contributed by atoms with Gasteiger partial charge in [-0.15, -0.1) is 0 Å². The van der Waals surface area contributed by atoms with Crippen molar-refractivity contribution in [3.05, 3.63) is 63.6 Å². The van der Waals surface area contributed by atoms with E-state index in [9.17, 15) is 18.4 Å². The first-order valence-electron chi connectivity index (χ1n) is 6.07. The molecule has 0 atom stereocenters. The van der Waals surface area contributed by atoms with Crippen molar-refractivity contribution in [2.45, 2.75) is 6.54 Å². The summed E-state index contributed by atoms with van der Waals surface area (Å²) in [4.78, 5) is 24.9. The molecule has 0 N–H and O–H groups in total. The maximum atomic E-state index is 13.8. The first-order valence-corrected chi connectivity index (χ1v) is 6.86. The van der Waals surface area contributed by atoms with E-state index in [0.29, 0.717) is 4.47 Å². The van der Waals surface area contributed by atoms with Crippen molar-refractivity contribution in [1.29, 1.82) is 0 Å². The lowest BCUT2D eigenvalue weighted by Gasteiger charge is -2.17. The Hall–Kier alpha value is -2.08. The Morgan fingerprint density at radius 1 is 1.05 bits per heavy atom. The predicted molar refractivity (Wildman–Crippen MR) is 76.0 cm³/mol. The zero-order chi connectivity index (χ0) is 15.1. The van der Waals surface area contributed by atoms with E-state index >= 15 is 0 Å². The molecule has 106 valence electrons. The van der Waals surface area contributed by atoms with Gasteiger partial charge in [-0.1, -0.05) is 15.9 Å². The van der Waals surface area contributed by atoms with Crippen molar-refractivity contribution in [3.8, 4) is 0 Å². The van der Waals surface area contributed by atoms with Gasteiger partial charge in [0.2, 0.25) is 0 Å². The Balaban J connectivity index is 2.04. The summed E-state index contributed by atoms with van der Waals surface area (Å²) in [5, 5.41) is 0. The molecule has 0 bridgehead atoms. The number of Topliss-reactive ketones (excluding diaryl/α,β-unsaturated/α-hetero) is 1. The first kappa shape index (κ1) is 13.9. The van der Waals surface area contributed by atoms with E-state index in [1.54, 1.807) is 0 Å². The summed E-state index contributed by atoms with van der Waals surface area (Å²) in [6.45, 7) is -0.133. The summed E-state index contributed by atoms with van der Waals surface area (Å²) in [5.41, 5.74) is 0.545. The molecule has 3 rings (SSSR count). The molecule has 6 heteroatoms. The number of fused-ring (bicyclic) bond motifs is 1. The van der Waals surface area contributed by atoms with Crippen molar-refractivity contribution in [2.75, 3.05) is 4.90 Å². The summed E-state index contributed by atoms with van der Waals surface area (Å²) in [6.07, 6.45) is 0. The van der Waals surface area contributed by atoms with E-state index in [1.807, 2.05) is 0 Å². The minimum Gasteiger partial charge on any atom is -0.300 e. The number of anilines is 1. The van der Waals surface area contributed by atoms with E-state index in [4.69, 9.17) is 0 Å². The molecule has 1 aliphatic rings. The van der Waals surface area contributed by atoms with Crippen molar-refractivity contribution >= 4 is 33.3 Å². The second kappa shape index (κ2) is 5.04. The number of rotatable bonds is 2. The van der Waals surface area contributed by atoms with Crippen LogP contribution >= 0.6 is 15.9 Å². The SMILES string of the molecule is O=C1C(=O)N(Cc2cc(Br)ccc2F)c2cc(F)ccc21. The zero-order valence-electron chi connectivity index (χ0n) is 10.6. The molecule has 2 aromatic carbocycles. The average molecular weight is 352 g/mol. The number of hydrogen-bond donors (Lipinski definition) is 0. The Labute approximate surface area is 127 Å². The topological polar surface area (TPSA) is 37.4 Å². The van der Waals surface area contributed by atoms with Gasteiger partial charge in [-0.3, -0.25) is 9.59 Å². The molecule has 0 saturated heterocycles. The highest BCUT2D eigenvalue weighted by Gasteiger charge is 2.36. The maximum absolute atomic E-state index is 13.8. The lowest BCUT2D eigenvalue weighted by atomic mass is 10.1. The van der Waals surface area contributed by atoms with Crippen LogP contribution in [0.5, 0.6) is 0 Å². The Bertz CT molecular complexity index is 776. The second-order valence-electron chi connectivity index (χ2n) is 4.62. The number of carbonyl (C=O) groups excluding carboxylic acids is 2. The molecular formula is C15H8BrF2NO2. The minimum atomic E-state index is -0.782. The van der Waals surface area contributed by atoms with E-state index in [0.717, 1.165) is 17.0 Å². The van der Waals surface area contributed by atoms with Crippen molar-refractivity contribution in [3.63, 3.8) is 0 Å². The average Bonchev–Trinajstić information content (AvgIpc) is 2.67. The van der Waals surface area contributed by atoms with E-state index in [-0.39, 0.29) is 23.4 Å². The zero-order valence-corrected chi connectivity index (χ0v) is 12.2. The lowest BCUT2D eigenvalue weighted by molar-refractivity contribution is -0.114. The Morgan fingerprint density at radius 2 is 1.81 bits per heavy atom. The molecule has 2 aromatic rings. The lowest BCUT2D eigenvalue weighted by Crippen LogP contribution is -2.29. The maximum Gasteiger partial charge on any atom is 0.299 e. The molecule has 0 saturated carbocycles. The Morgan fingerprint density at radius 3 is 2.57 bits per heavy atom. The van der Waals surface area contributed by atoms with Crippen molar-refractivity contribution < 1.29 is 18.4 Å². The second-order valence-corrected chi connectivity index (χ2v) is 5.53. The smallest absolute Gasteiger partial charge is 0.299 e. The van der Waals surface area contributed by atoms with Crippen LogP contribution in [0.3, 0.4) is 0 Å². The van der Waals surface area contributed by atoms with Crippen LogP contribution in [0, 0.1) is 11.6 Å². The molecule has 0 aliphatic carbocycles. The summed E-state index contributed by atoms with van der Waals surface area (Å²) >= 11 is 3.22. The number of amides is 1. The van der Waals surface area contributed by atoms with Crippen LogP contribution in [0.1, 0.15) is 15.9 Å². The standard InChI is InChI=1S/C15H8BrF2NO2/c16-9-1-4-12(18)8(5-9)7-19-13-6-10(17)2-3-11(13)14(20)15(19)21/h1-6H,7H2. The third kappa shape index (κ3) is 2.35. The molecule has 0 radical (unpaired) electrons. The summed E-state index contributed by atoms with van der Waals surface area (Å²) in [5.74, 6) is -2.55. The molecule has 0 aromatic heterocycles. The van der Waals surface area contributed by atoms with Crippen LogP contribution in [-0.4, -0.2) is 11.7 Å². The summed E-state index contributed by atoms with van der Waals surface area (Å²) in [7, 11) is 0. The van der Waals surface area contributed by atoms with Gasteiger partial charge in [0.05, 0.1) is 17.8 Å². The van der Waals surface area contributed by atoms with Gasteiger partial charge in [0, 0.05) is 10.0 Å². The van der Waals surface area contributed by atoms with E-state index in [1.165, 1.54) is 24.3 Å². The van der Waals surface area contributed by atoms with Crippen molar-refractivity contribution in [2.24, 2.45) is 0 Å². The number of carbonyl (C=O) groups is 2. The van der Waals surface area contributed by atoms with Crippen LogP contribution in [0.25, 0.3) is 0 Å². The van der Waals surface area contributed by atoms with Gasteiger partial charge in [-0.05, 0) is 36.4 Å². The van der Waals surface area contributed by atoms with Gasteiger partial charge in [0.15, 0.2) is 0 Å². The molecule has 1 heterocycles. The number of nitrogens with zero attached hydrogens (tertiary/aromatic N) is 1. The van der Waals surface area contributed by atoms with Crippen LogP contribution in [0.2, 0.25) is 0 Å². The van der Waals surface area contributed by atoms with Crippen LogP contribution in [0.4, 0.5) is 14.5 Å². The number of halogens is 3. The van der Waals surface area contributed by atoms with Gasteiger partial charge >= 0.3 is 0 Å². The fourth-order valence-corrected chi connectivity index (χ4v) is 2.67. The summed E-state index contributed by atoms with van der Waals surface area (Å²) < 4.78 is 27.8. The predicted octanol–water partition coefficient (Wildman–Crippen LogP) is 3.46. The highest BCUT2D eigenvalue weighted by atomic mass is 79.9. The minimum absolute atomic E-state index is 0.133. The molecular weight excluding hydrogens is 344 g/mol. The van der Waals surface area contributed by atoms with Gasteiger partial charge in [0.1, 0.15) is 11.6 Å². The third-order valence-corrected chi connectivity index (χ3v) is 3.76. The molecule has 1 amide bonds. The number of hydrogen-bond acceptors (Lipinski definition) is 2. The number of ketones is 1. The normalized spacial score (nSPS) is 13.8. The van der Waals surface area contributed by atoms with E-state index in [2.05, 4.69) is 15.9 Å². The largest absolute Gasteiger partial charge is 0.300 e. The molecule has 0 spiro atoms. The molecule has 0 fully saturated rings. The number of benzene rings is 2. The molecule has 0 unspecified atom stereocenters. The fourth-order valence-electron chi connectivity index (χ4n) is 2.26. The highest BCUT2D eigenvalue weighted by Crippen LogP contribution is 2.31. The fraction of sp³-hybridized carbons (Fsp3) is 0.0667. The molecule has 21 heavy (non-hydrogen) atoms. The van der Waals surface area contributed by atoms with Gasteiger partial charge < -0.3 is 4.90 Å². The van der Waals surface area contributed by atoms with Gasteiger partial charge in [-0.2, -0.15) is 0 Å². The van der Waals surface area contributed by atoms with Gasteiger partial charge in [0.25, 0.3) is 11.7 Å². The van der Waals surface area contributed by atoms with Crippen LogP contribution in [0.15, 0.2) is 40.9 Å². The van der Waals surface area contributed by atoms with Crippen molar-refractivity contribution in [1.82, 2.24) is 0 Å². The van der Waals surface area contributed by atoms with Crippen LogP contribution < -0.4 is 4.90 Å². The Kier molecular flexibility index (Phi) is 3.33. The quantitative estimate of drug-likeness (QED) is 0.777. The molecule has 1 aliphatic heterocycles. The van der Waals surface area contributed by atoms with Crippen LogP contribution in [-0.2, 0) is 11.3 Å². The monoisotopic (exact) mass is 351 g/mol. The highest BCUT2D eigenvalue weighted by molar-refractivity contribution is 9.10. The summed E-state index contributed by atoms with van der Waals surface area (Å²) in [6, 6.07) is 7.80. The third-order valence-electron chi connectivity index (χ3n) is 3.27. The molecule has 3 nitrogen and oxygen atoms in total.